The number of aliphatic hydroxyl groups excluding tert-OH is 1. The summed E-state index contributed by atoms with van der Waals surface area (Å²) in [6.07, 6.45) is 2.50. The van der Waals surface area contributed by atoms with E-state index in [1.807, 2.05) is 6.92 Å². The largest absolute Gasteiger partial charge is 0.395 e. The molecule has 1 heterocycles. The molecule has 0 radical (unpaired) electrons. The lowest BCUT2D eigenvalue weighted by atomic mass is 10.4. The normalized spacial score (nSPS) is 15.7. The Kier molecular flexibility index (Phi) is 4.09. The molecule has 1 aliphatic rings. The van der Waals surface area contributed by atoms with Crippen molar-refractivity contribution >= 4 is 16.5 Å². The van der Waals surface area contributed by atoms with Gasteiger partial charge in [-0.2, -0.15) is 0 Å². The van der Waals surface area contributed by atoms with Crippen molar-refractivity contribution in [1.82, 2.24) is 15.1 Å². The van der Waals surface area contributed by atoms with Gasteiger partial charge in [-0.25, -0.2) is 0 Å². The summed E-state index contributed by atoms with van der Waals surface area (Å²) in [6.45, 7) is 4.69. The van der Waals surface area contributed by atoms with Crippen LogP contribution in [0.15, 0.2) is 0 Å². The lowest BCUT2D eigenvalue weighted by Crippen LogP contribution is -2.28. The van der Waals surface area contributed by atoms with Crippen molar-refractivity contribution in [3.8, 4) is 0 Å². The summed E-state index contributed by atoms with van der Waals surface area (Å²) >= 11 is 1.60. The van der Waals surface area contributed by atoms with E-state index in [9.17, 15) is 0 Å². The first-order chi connectivity index (χ1) is 7.83. The Morgan fingerprint density at radius 3 is 2.94 bits per heavy atom. The first kappa shape index (κ1) is 11.8. The Hall–Kier alpha value is -0.720. The second-order valence-electron chi connectivity index (χ2n) is 3.96. The summed E-state index contributed by atoms with van der Waals surface area (Å²) in [5.41, 5.74) is 0. The maximum atomic E-state index is 8.99. The Morgan fingerprint density at radius 2 is 2.31 bits per heavy atom. The predicted octanol–water partition coefficient (Wildman–Crippen LogP) is 0.927. The Labute approximate surface area is 99.5 Å². The van der Waals surface area contributed by atoms with Gasteiger partial charge < -0.3 is 10.4 Å². The van der Waals surface area contributed by atoms with Gasteiger partial charge in [-0.05, 0) is 19.8 Å². The third kappa shape index (κ3) is 3.13. The summed E-state index contributed by atoms with van der Waals surface area (Å²) in [5, 5.41) is 22.3. The minimum atomic E-state index is 0.218. The predicted molar refractivity (Wildman–Crippen MR) is 64.6 cm³/mol. The van der Waals surface area contributed by atoms with E-state index in [4.69, 9.17) is 5.11 Å². The van der Waals surface area contributed by atoms with Crippen molar-refractivity contribution in [2.45, 2.75) is 32.4 Å². The summed E-state index contributed by atoms with van der Waals surface area (Å²) in [5.74, 6) is 0. The van der Waals surface area contributed by atoms with Crippen LogP contribution in [-0.4, -0.2) is 45.9 Å². The van der Waals surface area contributed by atoms with Gasteiger partial charge in [-0.3, -0.25) is 4.90 Å². The molecule has 0 aliphatic heterocycles. The van der Waals surface area contributed by atoms with Gasteiger partial charge in [0.25, 0.3) is 0 Å². The topological polar surface area (TPSA) is 61.3 Å². The lowest BCUT2D eigenvalue weighted by Gasteiger charge is -2.18. The number of nitrogens with zero attached hydrogens (tertiary/aromatic N) is 3. The highest BCUT2D eigenvalue weighted by atomic mass is 32.1. The molecule has 1 aromatic heterocycles. The van der Waals surface area contributed by atoms with Gasteiger partial charge in [0.1, 0.15) is 5.01 Å². The molecular weight excluding hydrogens is 224 g/mol. The zero-order valence-electron chi connectivity index (χ0n) is 9.52. The molecule has 5 nitrogen and oxygen atoms in total. The average Bonchev–Trinajstić information content (AvgIpc) is 3.02. The minimum absolute atomic E-state index is 0.218. The van der Waals surface area contributed by atoms with Gasteiger partial charge in [-0.15, -0.1) is 10.2 Å². The van der Waals surface area contributed by atoms with Crippen LogP contribution < -0.4 is 5.32 Å². The zero-order chi connectivity index (χ0) is 11.4. The first-order valence-electron chi connectivity index (χ1n) is 5.74. The molecule has 0 spiro atoms. The van der Waals surface area contributed by atoms with Crippen molar-refractivity contribution in [2.75, 3.05) is 25.0 Å². The van der Waals surface area contributed by atoms with Crippen molar-refractivity contribution < 1.29 is 5.11 Å². The van der Waals surface area contributed by atoms with Gasteiger partial charge in [0.05, 0.1) is 13.2 Å². The number of aliphatic hydroxyl groups is 1. The number of anilines is 1. The van der Waals surface area contributed by atoms with Crippen LogP contribution in [0.4, 0.5) is 5.13 Å². The van der Waals surface area contributed by atoms with Crippen LogP contribution >= 0.6 is 11.3 Å². The Morgan fingerprint density at radius 1 is 1.50 bits per heavy atom. The minimum Gasteiger partial charge on any atom is -0.395 e. The van der Waals surface area contributed by atoms with E-state index < -0.39 is 0 Å². The van der Waals surface area contributed by atoms with Gasteiger partial charge in [0, 0.05) is 19.1 Å². The molecule has 2 rings (SSSR count). The maximum Gasteiger partial charge on any atom is 0.205 e. The van der Waals surface area contributed by atoms with E-state index in [-0.39, 0.29) is 6.61 Å². The van der Waals surface area contributed by atoms with E-state index in [1.54, 1.807) is 11.3 Å². The average molecular weight is 242 g/mol. The van der Waals surface area contributed by atoms with E-state index in [0.717, 1.165) is 29.8 Å². The molecule has 0 unspecified atom stereocenters. The van der Waals surface area contributed by atoms with Crippen LogP contribution in [-0.2, 0) is 6.54 Å². The molecule has 0 bridgehead atoms. The quantitative estimate of drug-likeness (QED) is 0.744. The molecule has 0 atom stereocenters. The molecule has 1 aliphatic carbocycles. The van der Waals surface area contributed by atoms with Gasteiger partial charge in [0.2, 0.25) is 5.13 Å². The van der Waals surface area contributed by atoms with Crippen molar-refractivity contribution in [3.05, 3.63) is 5.01 Å². The molecular formula is C10H18N4OS. The fraction of sp³-hybridized carbons (Fsp3) is 0.800. The molecule has 90 valence electrons. The fourth-order valence-corrected chi connectivity index (χ4v) is 2.51. The molecule has 1 saturated carbocycles. The molecule has 1 fully saturated rings. The third-order valence-corrected chi connectivity index (χ3v) is 3.45. The van der Waals surface area contributed by atoms with Crippen LogP contribution in [0.3, 0.4) is 0 Å². The number of rotatable bonds is 7. The smallest absolute Gasteiger partial charge is 0.205 e. The van der Waals surface area contributed by atoms with Crippen LogP contribution in [0.2, 0.25) is 0 Å². The Balaban J connectivity index is 1.89. The number of nitrogens with one attached hydrogen (secondary N) is 1. The number of hydrogen-bond donors (Lipinski definition) is 2. The standard InChI is InChI=1S/C10H18N4OS/c1-2-11-10-13-12-9(16-10)7-14(5-6-15)8-3-4-8/h8,15H,2-7H2,1H3,(H,11,13). The first-order valence-corrected chi connectivity index (χ1v) is 6.56. The SMILES string of the molecule is CCNc1nnc(CN(CCO)C2CC2)s1. The van der Waals surface area contributed by atoms with Crippen LogP contribution in [0.5, 0.6) is 0 Å². The van der Waals surface area contributed by atoms with Crippen molar-refractivity contribution in [1.29, 1.82) is 0 Å². The molecule has 16 heavy (non-hydrogen) atoms. The van der Waals surface area contributed by atoms with E-state index >= 15 is 0 Å². The van der Waals surface area contributed by atoms with Crippen molar-refractivity contribution in [3.63, 3.8) is 0 Å². The summed E-state index contributed by atoms with van der Waals surface area (Å²) < 4.78 is 0. The highest BCUT2D eigenvalue weighted by molar-refractivity contribution is 7.15. The van der Waals surface area contributed by atoms with Crippen molar-refractivity contribution in [2.24, 2.45) is 0 Å². The van der Waals surface area contributed by atoms with Gasteiger partial charge >= 0.3 is 0 Å². The van der Waals surface area contributed by atoms with Gasteiger partial charge in [-0.1, -0.05) is 11.3 Å². The summed E-state index contributed by atoms with van der Waals surface area (Å²) in [4.78, 5) is 2.29. The highest BCUT2D eigenvalue weighted by Gasteiger charge is 2.29. The second kappa shape index (κ2) is 5.56. The molecule has 0 saturated heterocycles. The maximum absolute atomic E-state index is 8.99. The van der Waals surface area contributed by atoms with Crippen LogP contribution in [0.1, 0.15) is 24.8 Å². The third-order valence-electron chi connectivity index (χ3n) is 2.58. The Bertz CT molecular complexity index is 326. The van der Waals surface area contributed by atoms with Crippen LogP contribution in [0, 0.1) is 0 Å². The molecule has 1 aromatic rings. The number of hydrogen-bond acceptors (Lipinski definition) is 6. The van der Waals surface area contributed by atoms with E-state index in [1.165, 1.54) is 12.8 Å². The highest BCUT2D eigenvalue weighted by Crippen LogP contribution is 2.28. The molecule has 6 heteroatoms. The second-order valence-corrected chi connectivity index (χ2v) is 5.02. The van der Waals surface area contributed by atoms with E-state index in [2.05, 4.69) is 20.4 Å². The fourth-order valence-electron chi connectivity index (χ4n) is 1.67. The van der Waals surface area contributed by atoms with Crippen LogP contribution in [0.25, 0.3) is 0 Å². The molecule has 0 aromatic carbocycles. The zero-order valence-corrected chi connectivity index (χ0v) is 10.3. The number of aromatic nitrogens is 2. The molecule has 0 amide bonds. The van der Waals surface area contributed by atoms with Gasteiger partial charge in [0.15, 0.2) is 0 Å². The summed E-state index contributed by atoms with van der Waals surface area (Å²) in [7, 11) is 0. The molecule has 2 N–H and O–H groups in total. The summed E-state index contributed by atoms with van der Waals surface area (Å²) in [6, 6.07) is 0.652. The monoisotopic (exact) mass is 242 g/mol. The van der Waals surface area contributed by atoms with E-state index in [0.29, 0.717) is 6.04 Å². The lowest BCUT2D eigenvalue weighted by molar-refractivity contribution is 0.183.